The molecule has 0 bridgehead atoms. The number of carboxylic acid groups (broad SMARTS) is 1. The van der Waals surface area contributed by atoms with Crippen LogP contribution in [-0.4, -0.2) is 69.0 Å². The summed E-state index contributed by atoms with van der Waals surface area (Å²) in [6.45, 7) is 4.54. The van der Waals surface area contributed by atoms with Crippen molar-refractivity contribution in [3.63, 3.8) is 0 Å². The molecule has 1 aromatic heterocycles. The number of nitrogens with two attached hydrogens (primary N) is 2. The van der Waals surface area contributed by atoms with Crippen molar-refractivity contribution in [3.05, 3.63) is 34.4 Å². The lowest BCUT2D eigenvalue weighted by atomic mass is 9.42. The molecule has 4 aliphatic carbocycles. The Balaban J connectivity index is 1.16. The lowest BCUT2D eigenvalue weighted by Crippen LogP contribution is -2.67. The van der Waals surface area contributed by atoms with Gasteiger partial charge in [0.1, 0.15) is 12.1 Å². The number of esters is 1. The van der Waals surface area contributed by atoms with Gasteiger partial charge in [0.2, 0.25) is 5.91 Å². The van der Waals surface area contributed by atoms with E-state index in [9.17, 15) is 34.5 Å². The van der Waals surface area contributed by atoms with Gasteiger partial charge in [0.25, 0.3) is 0 Å². The first-order chi connectivity index (χ1) is 22.1. The van der Waals surface area contributed by atoms with Gasteiger partial charge in [0.15, 0.2) is 5.96 Å². The molecule has 0 spiro atoms. The van der Waals surface area contributed by atoms with E-state index in [1.807, 2.05) is 6.07 Å². The fourth-order valence-corrected chi connectivity index (χ4v) is 9.87. The molecule has 4 saturated carbocycles. The van der Waals surface area contributed by atoms with Crippen molar-refractivity contribution < 1.29 is 38.9 Å². The number of amides is 1. The molecule has 0 unspecified atom stereocenters. The molecular weight excluding hydrogens is 608 g/mol. The summed E-state index contributed by atoms with van der Waals surface area (Å²) in [5.41, 5.74) is 8.30. The third kappa shape index (κ3) is 6.53. The average molecular weight is 659 g/mol. The number of aliphatic hydroxyl groups is 2. The van der Waals surface area contributed by atoms with Gasteiger partial charge < -0.3 is 41.3 Å². The van der Waals surface area contributed by atoms with Gasteiger partial charge in [-0.15, -0.1) is 0 Å². The molecule has 1 heterocycles. The van der Waals surface area contributed by atoms with Crippen LogP contribution in [0.3, 0.4) is 0 Å². The monoisotopic (exact) mass is 658 g/mol. The van der Waals surface area contributed by atoms with Crippen molar-refractivity contribution in [2.75, 3.05) is 6.54 Å². The second-order valence-electron chi connectivity index (χ2n) is 14.8. The highest BCUT2D eigenvalue weighted by Crippen LogP contribution is 2.71. The topological polar surface area (TPSA) is 228 Å². The maximum Gasteiger partial charge on any atom is 0.335 e. The molecule has 0 aliphatic heterocycles. The van der Waals surface area contributed by atoms with E-state index < -0.39 is 46.6 Å². The summed E-state index contributed by atoms with van der Waals surface area (Å²) in [4.78, 5) is 52.1. The first-order valence-corrected chi connectivity index (χ1v) is 16.9. The summed E-state index contributed by atoms with van der Waals surface area (Å²) < 4.78 is 10.9. The third-order valence-electron chi connectivity index (χ3n) is 12.5. The summed E-state index contributed by atoms with van der Waals surface area (Å²) in [7, 11) is 0. The van der Waals surface area contributed by atoms with E-state index in [1.54, 1.807) is 0 Å². The van der Waals surface area contributed by atoms with Crippen LogP contribution < -0.4 is 22.4 Å². The summed E-state index contributed by atoms with van der Waals surface area (Å²) >= 11 is 0. The van der Waals surface area contributed by atoms with Crippen LogP contribution in [0.5, 0.6) is 0 Å². The zero-order valence-corrected chi connectivity index (χ0v) is 27.4. The molecule has 4 aliphatic rings. The second-order valence-corrected chi connectivity index (χ2v) is 14.8. The van der Waals surface area contributed by atoms with E-state index >= 15 is 0 Å². The molecule has 9 atom stereocenters. The van der Waals surface area contributed by atoms with Crippen molar-refractivity contribution in [2.45, 2.75) is 127 Å². The Kier molecular flexibility index (Phi) is 9.81. The number of fused-ring (bicyclic) bond motifs is 5. The SMILES string of the molecule is C[C@]12CC[C@H](OC(=O)CCC(=O)N[C@@H](CCCN=C(N)N)C(=O)O)C[C@@]1(O)CC[C@H]1[C@@H]2CC[C@]2(C)[C@@H](c3ccc(=O)oc3)CC[C@]12O. The van der Waals surface area contributed by atoms with Crippen molar-refractivity contribution in [1.82, 2.24) is 5.32 Å². The predicted molar refractivity (Wildman–Crippen MR) is 171 cm³/mol. The molecule has 4 fully saturated rings. The van der Waals surface area contributed by atoms with Crippen LogP contribution in [0.25, 0.3) is 0 Å². The van der Waals surface area contributed by atoms with Gasteiger partial charge in [-0.2, -0.15) is 0 Å². The molecule has 260 valence electrons. The van der Waals surface area contributed by atoms with Crippen LogP contribution in [0.1, 0.15) is 109 Å². The molecule has 47 heavy (non-hydrogen) atoms. The average Bonchev–Trinajstić information content (AvgIpc) is 3.29. The highest BCUT2D eigenvalue weighted by molar-refractivity contribution is 5.85. The third-order valence-corrected chi connectivity index (χ3v) is 12.5. The van der Waals surface area contributed by atoms with Gasteiger partial charge in [-0.1, -0.05) is 13.8 Å². The number of aliphatic imine (C=N–C) groups is 1. The molecular formula is C34H50N4O9. The molecule has 0 radical (unpaired) electrons. The Morgan fingerprint density at radius 3 is 2.43 bits per heavy atom. The van der Waals surface area contributed by atoms with Crippen LogP contribution >= 0.6 is 0 Å². The molecule has 0 saturated heterocycles. The van der Waals surface area contributed by atoms with E-state index in [2.05, 4.69) is 24.2 Å². The van der Waals surface area contributed by atoms with Gasteiger partial charge >= 0.3 is 17.6 Å². The number of hydrogen-bond donors (Lipinski definition) is 6. The molecule has 13 nitrogen and oxygen atoms in total. The van der Waals surface area contributed by atoms with Crippen LogP contribution in [0.15, 0.2) is 32.6 Å². The van der Waals surface area contributed by atoms with Gasteiger partial charge in [-0.25, -0.2) is 9.59 Å². The summed E-state index contributed by atoms with van der Waals surface area (Å²) in [6.07, 6.45) is 6.87. The quantitative estimate of drug-likeness (QED) is 0.0875. The molecule has 0 aromatic carbocycles. The summed E-state index contributed by atoms with van der Waals surface area (Å²) in [5.74, 6) is -2.22. The minimum Gasteiger partial charge on any atom is -0.480 e. The minimum atomic E-state index is -1.19. The molecule has 8 N–H and O–H groups in total. The number of nitrogens with one attached hydrogen (secondary N) is 1. The van der Waals surface area contributed by atoms with Gasteiger partial charge in [0.05, 0.1) is 23.9 Å². The maximum absolute atomic E-state index is 12.8. The first-order valence-electron chi connectivity index (χ1n) is 16.9. The van der Waals surface area contributed by atoms with Crippen LogP contribution in [0.2, 0.25) is 0 Å². The normalized spacial score (nSPS) is 36.6. The fourth-order valence-electron chi connectivity index (χ4n) is 9.87. The Labute approximate surface area is 274 Å². The lowest BCUT2D eigenvalue weighted by molar-refractivity contribution is -0.255. The highest BCUT2D eigenvalue weighted by Gasteiger charge is 2.70. The van der Waals surface area contributed by atoms with E-state index in [-0.39, 0.29) is 60.6 Å². The predicted octanol–water partition coefficient (Wildman–Crippen LogP) is 2.31. The number of nitrogens with zero attached hydrogens (tertiary/aromatic N) is 1. The fraction of sp³-hybridized carbons (Fsp3) is 0.735. The zero-order chi connectivity index (χ0) is 34.2. The van der Waals surface area contributed by atoms with Crippen LogP contribution in [0.4, 0.5) is 0 Å². The largest absolute Gasteiger partial charge is 0.480 e. The smallest absolute Gasteiger partial charge is 0.335 e. The van der Waals surface area contributed by atoms with Crippen molar-refractivity contribution >= 4 is 23.8 Å². The Morgan fingerprint density at radius 2 is 1.74 bits per heavy atom. The summed E-state index contributed by atoms with van der Waals surface area (Å²) in [6, 6.07) is 2.14. The van der Waals surface area contributed by atoms with Crippen molar-refractivity contribution in [3.8, 4) is 0 Å². The van der Waals surface area contributed by atoms with E-state index in [1.165, 1.54) is 12.3 Å². The van der Waals surface area contributed by atoms with E-state index in [0.29, 0.717) is 44.9 Å². The number of aliphatic carboxylic acids is 1. The molecule has 13 heteroatoms. The number of carbonyl (C=O) groups excluding carboxylic acids is 2. The number of rotatable bonds is 11. The zero-order valence-electron chi connectivity index (χ0n) is 27.4. The van der Waals surface area contributed by atoms with Crippen LogP contribution in [0, 0.1) is 22.7 Å². The van der Waals surface area contributed by atoms with Crippen molar-refractivity contribution in [1.29, 1.82) is 0 Å². The summed E-state index contributed by atoms with van der Waals surface area (Å²) in [5, 5.41) is 36.5. The van der Waals surface area contributed by atoms with E-state index in [0.717, 1.165) is 24.8 Å². The molecule has 1 aromatic rings. The Morgan fingerprint density at radius 1 is 1.02 bits per heavy atom. The van der Waals surface area contributed by atoms with Gasteiger partial charge in [0, 0.05) is 30.9 Å². The van der Waals surface area contributed by atoms with Gasteiger partial charge in [-0.05, 0) is 99.0 Å². The molecule has 1 amide bonds. The number of ether oxygens (including phenoxy) is 1. The standard InChI is InChI=1S/C34H50N4O9/c1-31-13-9-21(47-28(41)8-6-26(39)38-25(29(42)43)4-3-17-37-30(35)36)18-33(31,44)15-11-24-23(31)10-14-32(2)22(12-16-34(24,32)45)20-5-7-27(40)46-19-20/h5,7,19,21-25,44-45H,3-4,6,8-18H2,1-2H3,(H,38,39)(H,42,43)(H4,35,36,37)/t21-,22+,23-,24-,25-,31+,32+,33-,34-/m0/s1. The minimum absolute atomic E-state index is 0.0195. The number of hydrogen-bond acceptors (Lipinski definition) is 9. The maximum atomic E-state index is 12.8. The Bertz CT molecular complexity index is 1420. The van der Waals surface area contributed by atoms with E-state index in [4.69, 9.17) is 20.6 Å². The first kappa shape index (κ1) is 34.9. The number of guanidine groups is 1. The Hall–Kier alpha value is -3.45. The lowest BCUT2D eigenvalue weighted by Gasteiger charge is -2.66. The second kappa shape index (κ2) is 13.2. The highest BCUT2D eigenvalue weighted by atomic mass is 16.5. The van der Waals surface area contributed by atoms with Crippen molar-refractivity contribution in [2.24, 2.45) is 39.1 Å². The number of carboxylic acids is 1. The van der Waals surface area contributed by atoms with Crippen LogP contribution in [-0.2, 0) is 19.1 Å². The number of carbonyl (C=O) groups is 3. The van der Waals surface area contributed by atoms with Gasteiger partial charge in [-0.3, -0.25) is 14.6 Å². The molecule has 5 rings (SSSR count).